The highest BCUT2D eigenvalue weighted by Gasteiger charge is 2.15. The Morgan fingerprint density at radius 2 is 2.06 bits per heavy atom. The summed E-state index contributed by atoms with van der Waals surface area (Å²) in [6.07, 6.45) is 0. The van der Waals surface area contributed by atoms with Gasteiger partial charge in [0.25, 0.3) is 5.91 Å². The third kappa shape index (κ3) is 2.20. The molecule has 2 aromatic rings. The Hall–Kier alpha value is -1.46. The van der Waals surface area contributed by atoms with Crippen LogP contribution in [0.1, 0.15) is 10.4 Å². The Labute approximate surface area is 101 Å². The zero-order chi connectivity index (χ0) is 11.5. The Kier molecular flexibility index (Phi) is 3.17. The van der Waals surface area contributed by atoms with Gasteiger partial charge in [0, 0.05) is 17.6 Å². The molecule has 6 heteroatoms. The average Bonchev–Trinajstić information content (AvgIpc) is 2.81. The molecule has 0 unspecified atom stereocenters. The number of benzene rings is 1. The first-order chi connectivity index (χ1) is 7.68. The lowest BCUT2D eigenvalue weighted by atomic mass is 10.2. The van der Waals surface area contributed by atoms with Crippen molar-refractivity contribution in [2.45, 2.75) is 0 Å². The van der Waals surface area contributed by atoms with E-state index in [1.807, 2.05) is 0 Å². The van der Waals surface area contributed by atoms with E-state index in [0.29, 0.717) is 15.7 Å². The number of anilines is 1. The number of rotatable bonds is 2. The molecule has 0 N–H and O–H groups in total. The number of halogens is 1. The third-order valence-electron chi connectivity index (χ3n) is 2.03. The molecule has 0 aliphatic rings. The van der Waals surface area contributed by atoms with Crippen LogP contribution in [0.3, 0.4) is 0 Å². The molecule has 0 bridgehead atoms. The van der Waals surface area contributed by atoms with Gasteiger partial charge in [-0.05, 0) is 24.3 Å². The summed E-state index contributed by atoms with van der Waals surface area (Å²) in [5.41, 5.74) is 2.16. The smallest absolute Gasteiger partial charge is 0.259 e. The van der Waals surface area contributed by atoms with Crippen molar-refractivity contribution in [1.82, 2.24) is 10.2 Å². The highest BCUT2D eigenvalue weighted by Crippen LogP contribution is 2.17. The van der Waals surface area contributed by atoms with E-state index < -0.39 is 0 Å². The summed E-state index contributed by atoms with van der Waals surface area (Å²) in [5.74, 6) is -0.131. The number of carbonyl (C=O) groups is 1. The van der Waals surface area contributed by atoms with Crippen molar-refractivity contribution < 1.29 is 4.79 Å². The number of carbonyl (C=O) groups excluding carboxylic acids is 1. The highest BCUT2D eigenvalue weighted by molar-refractivity contribution is 7.13. The van der Waals surface area contributed by atoms with Crippen LogP contribution >= 0.6 is 22.9 Å². The molecule has 4 nitrogen and oxygen atoms in total. The van der Waals surface area contributed by atoms with Crippen molar-refractivity contribution >= 4 is 34.0 Å². The molecule has 16 heavy (non-hydrogen) atoms. The molecule has 1 amide bonds. The first-order valence-electron chi connectivity index (χ1n) is 4.48. The lowest BCUT2D eigenvalue weighted by molar-refractivity contribution is 0.0993. The van der Waals surface area contributed by atoms with Crippen molar-refractivity contribution in [3.63, 3.8) is 0 Å². The minimum Gasteiger partial charge on any atom is -0.286 e. The summed E-state index contributed by atoms with van der Waals surface area (Å²) < 4.78 is 0. The maximum Gasteiger partial charge on any atom is 0.259 e. The fourth-order valence-corrected chi connectivity index (χ4v) is 1.84. The van der Waals surface area contributed by atoms with Gasteiger partial charge < -0.3 is 0 Å². The summed E-state index contributed by atoms with van der Waals surface area (Å²) in [7, 11) is 1.66. The van der Waals surface area contributed by atoms with Crippen LogP contribution in [0.15, 0.2) is 29.8 Å². The van der Waals surface area contributed by atoms with Gasteiger partial charge in [0.2, 0.25) is 5.13 Å². The van der Waals surface area contributed by atoms with Gasteiger partial charge in [-0.3, -0.25) is 9.69 Å². The lowest BCUT2D eigenvalue weighted by Crippen LogP contribution is -2.26. The molecule has 2 rings (SSSR count). The topological polar surface area (TPSA) is 46.1 Å². The molecule has 0 saturated carbocycles. The van der Waals surface area contributed by atoms with Crippen molar-refractivity contribution in [2.75, 3.05) is 11.9 Å². The number of hydrogen-bond acceptors (Lipinski definition) is 4. The zero-order valence-corrected chi connectivity index (χ0v) is 10.00. The van der Waals surface area contributed by atoms with E-state index in [9.17, 15) is 4.79 Å². The van der Waals surface area contributed by atoms with E-state index in [4.69, 9.17) is 11.6 Å². The third-order valence-corrected chi connectivity index (χ3v) is 3.05. The van der Waals surface area contributed by atoms with Gasteiger partial charge in [-0.25, -0.2) is 0 Å². The standard InChI is InChI=1S/C10H8ClN3OS/c1-14(10-13-12-6-16-10)9(15)7-2-4-8(11)5-3-7/h2-6H,1H3. The van der Waals surface area contributed by atoms with E-state index in [-0.39, 0.29) is 5.91 Å². The summed E-state index contributed by atoms with van der Waals surface area (Å²) in [6.45, 7) is 0. The molecule has 1 heterocycles. The van der Waals surface area contributed by atoms with Gasteiger partial charge in [-0.2, -0.15) is 0 Å². The minimum absolute atomic E-state index is 0.131. The SMILES string of the molecule is CN(C(=O)c1ccc(Cl)cc1)c1nncs1. The van der Waals surface area contributed by atoms with E-state index in [1.165, 1.54) is 16.2 Å². The van der Waals surface area contributed by atoms with Crippen LogP contribution in [-0.2, 0) is 0 Å². The fraction of sp³-hybridized carbons (Fsp3) is 0.100. The maximum absolute atomic E-state index is 12.0. The van der Waals surface area contributed by atoms with Crippen molar-refractivity contribution in [3.8, 4) is 0 Å². The van der Waals surface area contributed by atoms with Crippen molar-refractivity contribution in [3.05, 3.63) is 40.4 Å². The molecule has 82 valence electrons. The van der Waals surface area contributed by atoms with Crippen LogP contribution in [0, 0.1) is 0 Å². The second kappa shape index (κ2) is 4.59. The van der Waals surface area contributed by atoms with Crippen LogP contribution in [-0.4, -0.2) is 23.2 Å². The van der Waals surface area contributed by atoms with Crippen LogP contribution in [0.5, 0.6) is 0 Å². The van der Waals surface area contributed by atoms with E-state index in [0.717, 1.165) is 0 Å². The predicted molar refractivity (Wildman–Crippen MR) is 64.1 cm³/mol. The van der Waals surface area contributed by atoms with Crippen molar-refractivity contribution in [1.29, 1.82) is 0 Å². The summed E-state index contributed by atoms with van der Waals surface area (Å²) >= 11 is 7.06. The number of amides is 1. The molecule has 1 aromatic carbocycles. The lowest BCUT2D eigenvalue weighted by Gasteiger charge is -2.12. The van der Waals surface area contributed by atoms with Gasteiger partial charge in [-0.15, -0.1) is 10.2 Å². The Morgan fingerprint density at radius 3 is 2.62 bits per heavy atom. The summed E-state index contributed by atoms with van der Waals surface area (Å²) in [4.78, 5) is 13.4. The van der Waals surface area contributed by atoms with Gasteiger partial charge in [0.05, 0.1) is 0 Å². The number of nitrogens with zero attached hydrogens (tertiary/aromatic N) is 3. The maximum atomic E-state index is 12.0. The van der Waals surface area contributed by atoms with Gasteiger partial charge in [0.15, 0.2) is 0 Å². The predicted octanol–water partition coefficient (Wildman–Crippen LogP) is 2.47. The average molecular weight is 254 g/mol. The number of hydrogen-bond donors (Lipinski definition) is 0. The van der Waals surface area contributed by atoms with Crippen molar-refractivity contribution in [2.24, 2.45) is 0 Å². The van der Waals surface area contributed by atoms with Crippen LogP contribution in [0.4, 0.5) is 5.13 Å². The molecule has 0 radical (unpaired) electrons. The first kappa shape index (κ1) is 11.0. The van der Waals surface area contributed by atoms with E-state index >= 15 is 0 Å². The van der Waals surface area contributed by atoms with Crippen LogP contribution in [0.25, 0.3) is 0 Å². The summed E-state index contributed by atoms with van der Waals surface area (Å²) in [6, 6.07) is 6.73. The minimum atomic E-state index is -0.131. The first-order valence-corrected chi connectivity index (χ1v) is 5.74. The fourth-order valence-electron chi connectivity index (χ4n) is 1.19. The van der Waals surface area contributed by atoms with Gasteiger partial charge in [-0.1, -0.05) is 22.9 Å². The Balaban J connectivity index is 2.22. The molecule has 0 atom stereocenters. The number of aromatic nitrogens is 2. The molecule has 0 aliphatic heterocycles. The van der Waals surface area contributed by atoms with Gasteiger partial charge >= 0.3 is 0 Å². The quantitative estimate of drug-likeness (QED) is 0.826. The normalized spacial score (nSPS) is 10.1. The zero-order valence-electron chi connectivity index (χ0n) is 8.42. The Morgan fingerprint density at radius 1 is 1.38 bits per heavy atom. The van der Waals surface area contributed by atoms with Gasteiger partial charge in [0.1, 0.15) is 5.51 Å². The second-order valence-corrected chi connectivity index (χ2v) is 4.34. The van der Waals surface area contributed by atoms with E-state index in [1.54, 1.807) is 36.8 Å². The molecule has 1 aromatic heterocycles. The molecule has 0 spiro atoms. The molecule has 0 fully saturated rings. The second-order valence-electron chi connectivity index (χ2n) is 3.09. The molecular formula is C10H8ClN3OS. The monoisotopic (exact) mass is 253 g/mol. The Bertz CT molecular complexity index is 483. The molecular weight excluding hydrogens is 246 g/mol. The molecule has 0 aliphatic carbocycles. The van der Waals surface area contributed by atoms with E-state index in [2.05, 4.69) is 10.2 Å². The largest absolute Gasteiger partial charge is 0.286 e. The highest BCUT2D eigenvalue weighted by atomic mass is 35.5. The van der Waals surface area contributed by atoms with Crippen LogP contribution < -0.4 is 4.90 Å². The molecule has 0 saturated heterocycles. The van der Waals surface area contributed by atoms with Crippen LogP contribution in [0.2, 0.25) is 5.02 Å². The summed E-state index contributed by atoms with van der Waals surface area (Å²) in [5, 5.41) is 8.69.